The second kappa shape index (κ2) is 5.44. The van der Waals surface area contributed by atoms with Gasteiger partial charge in [0.1, 0.15) is 5.82 Å². The number of nitrogens with two attached hydrogens (primary N) is 1. The largest absolute Gasteiger partial charge is 0.399 e. The fraction of sp³-hybridized carbons (Fsp3) is 0.308. The number of nitrogen functional groups attached to an aromatic ring is 1. The van der Waals surface area contributed by atoms with Crippen molar-refractivity contribution in [2.24, 2.45) is 0 Å². The van der Waals surface area contributed by atoms with Crippen molar-refractivity contribution in [2.75, 3.05) is 5.73 Å². The Kier molecular flexibility index (Phi) is 3.91. The Balaban J connectivity index is 2.11. The molecule has 0 bridgehead atoms. The average Bonchev–Trinajstić information content (AvgIpc) is 2.66. The van der Waals surface area contributed by atoms with Crippen molar-refractivity contribution in [3.8, 4) is 0 Å². The summed E-state index contributed by atoms with van der Waals surface area (Å²) < 4.78 is 15.2. The van der Waals surface area contributed by atoms with Crippen LogP contribution >= 0.6 is 11.8 Å². The Morgan fingerprint density at radius 2 is 2.11 bits per heavy atom. The van der Waals surface area contributed by atoms with Gasteiger partial charge in [-0.05, 0) is 38.1 Å². The van der Waals surface area contributed by atoms with E-state index in [9.17, 15) is 4.39 Å². The van der Waals surface area contributed by atoms with Crippen molar-refractivity contribution in [2.45, 2.75) is 31.0 Å². The first-order chi connectivity index (χ1) is 8.58. The van der Waals surface area contributed by atoms with E-state index in [0.717, 1.165) is 28.6 Å². The second-order valence-electron chi connectivity index (χ2n) is 4.10. The molecule has 1 heterocycles. The Labute approximate surface area is 110 Å². The van der Waals surface area contributed by atoms with Crippen molar-refractivity contribution in [1.82, 2.24) is 9.78 Å². The van der Waals surface area contributed by atoms with Gasteiger partial charge in [-0.3, -0.25) is 4.68 Å². The average molecular weight is 265 g/mol. The van der Waals surface area contributed by atoms with Crippen molar-refractivity contribution < 1.29 is 4.39 Å². The number of rotatable bonds is 4. The summed E-state index contributed by atoms with van der Waals surface area (Å²) in [5.74, 6) is 0.468. The fourth-order valence-electron chi connectivity index (χ4n) is 1.81. The van der Waals surface area contributed by atoms with Gasteiger partial charge in [-0.15, -0.1) is 11.8 Å². The molecular formula is C13H16FN3S. The van der Waals surface area contributed by atoms with E-state index in [1.165, 1.54) is 12.1 Å². The molecule has 0 aliphatic rings. The predicted molar refractivity (Wildman–Crippen MR) is 73.0 cm³/mol. The normalized spacial score (nSPS) is 10.8. The minimum absolute atomic E-state index is 0.294. The van der Waals surface area contributed by atoms with Gasteiger partial charge in [-0.25, -0.2) is 4.39 Å². The number of aryl methyl sites for hydroxylation is 2. The molecule has 96 valence electrons. The van der Waals surface area contributed by atoms with Crippen LogP contribution in [0, 0.1) is 12.7 Å². The summed E-state index contributed by atoms with van der Waals surface area (Å²) in [5, 5.41) is 4.38. The summed E-state index contributed by atoms with van der Waals surface area (Å²) in [5.41, 5.74) is 8.22. The van der Waals surface area contributed by atoms with Crippen LogP contribution in [-0.2, 0) is 12.3 Å². The number of benzene rings is 1. The molecule has 0 radical (unpaired) electrons. The molecule has 0 aliphatic heterocycles. The standard InChI is InChI=1S/C13H16FN3S/c1-3-17-12(4-9(2)16-17)8-18-13-6-10(14)5-11(15)7-13/h4-7H,3,8,15H2,1-2H3. The Morgan fingerprint density at radius 3 is 2.78 bits per heavy atom. The lowest BCUT2D eigenvalue weighted by atomic mass is 10.3. The van der Waals surface area contributed by atoms with Gasteiger partial charge in [0.25, 0.3) is 0 Å². The molecular weight excluding hydrogens is 249 g/mol. The van der Waals surface area contributed by atoms with Gasteiger partial charge < -0.3 is 5.73 Å². The maximum atomic E-state index is 13.2. The zero-order valence-corrected chi connectivity index (χ0v) is 11.3. The van der Waals surface area contributed by atoms with E-state index in [2.05, 4.69) is 18.1 Å². The Hall–Kier alpha value is -1.49. The van der Waals surface area contributed by atoms with Gasteiger partial charge in [-0.1, -0.05) is 0 Å². The van der Waals surface area contributed by atoms with E-state index < -0.39 is 0 Å². The number of halogens is 1. The quantitative estimate of drug-likeness (QED) is 0.682. The lowest BCUT2D eigenvalue weighted by Gasteiger charge is -2.05. The molecule has 1 aromatic heterocycles. The first-order valence-corrected chi connectivity index (χ1v) is 6.79. The van der Waals surface area contributed by atoms with Crippen LogP contribution in [0.1, 0.15) is 18.3 Å². The molecule has 2 rings (SSSR count). The third-order valence-electron chi connectivity index (χ3n) is 2.57. The summed E-state index contributed by atoms with van der Waals surface area (Å²) in [4.78, 5) is 0.842. The van der Waals surface area contributed by atoms with Crippen molar-refractivity contribution in [3.63, 3.8) is 0 Å². The van der Waals surface area contributed by atoms with Crippen molar-refractivity contribution in [1.29, 1.82) is 0 Å². The number of hydrogen-bond acceptors (Lipinski definition) is 3. The zero-order valence-electron chi connectivity index (χ0n) is 10.5. The summed E-state index contributed by atoms with van der Waals surface area (Å²) in [6.07, 6.45) is 0. The molecule has 0 saturated heterocycles. The number of hydrogen-bond donors (Lipinski definition) is 1. The molecule has 1 aromatic carbocycles. The third kappa shape index (κ3) is 3.04. The number of aromatic nitrogens is 2. The maximum Gasteiger partial charge on any atom is 0.126 e. The number of anilines is 1. The van der Waals surface area contributed by atoms with E-state index >= 15 is 0 Å². The van der Waals surface area contributed by atoms with Crippen LogP contribution in [0.2, 0.25) is 0 Å². The van der Waals surface area contributed by atoms with Crippen LogP contribution in [0.3, 0.4) is 0 Å². The third-order valence-corrected chi connectivity index (χ3v) is 3.57. The molecule has 0 atom stereocenters. The van der Waals surface area contributed by atoms with Crippen LogP contribution in [0.25, 0.3) is 0 Å². The first kappa shape index (κ1) is 13.0. The first-order valence-electron chi connectivity index (χ1n) is 5.80. The van der Waals surface area contributed by atoms with E-state index in [4.69, 9.17) is 5.73 Å². The van der Waals surface area contributed by atoms with Gasteiger partial charge in [0.2, 0.25) is 0 Å². The summed E-state index contributed by atoms with van der Waals surface area (Å²) in [6.45, 7) is 4.87. The highest BCUT2D eigenvalue weighted by Crippen LogP contribution is 2.25. The van der Waals surface area contributed by atoms with Gasteiger partial charge in [0.15, 0.2) is 0 Å². The molecule has 2 aromatic rings. The summed E-state index contributed by atoms with van der Waals surface area (Å²) in [7, 11) is 0. The van der Waals surface area contributed by atoms with Crippen molar-refractivity contribution >= 4 is 17.4 Å². The molecule has 0 aliphatic carbocycles. The Morgan fingerprint density at radius 1 is 1.33 bits per heavy atom. The molecule has 18 heavy (non-hydrogen) atoms. The molecule has 0 fully saturated rings. The van der Waals surface area contributed by atoms with Crippen LogP contribution in [0.4, 0.5) is 10.1 Å². The lowest BCUT2D eigenvalue weighted by Crippen LogP contribution is -2.01. The van der Waals surface area contributed by atoms with E-state index in [0.29, 0.717) is 5.69 Å². The van der Waals surface area contributed by atoms with Crippen LogP contribution < -0.4 is 5.73 Å². The molecule has 2 N–H and O–H groups in total. The van der Waals surface area contributed by atoms with Gasteiger partial charge >= 0.3 is 0 Å². The van der Waals surface area contributed by atoms with Gasteiger partial charge in [0, 0.05) is 28.6 Å². The second-order valence-corrected chi connectivity index (χ2v) is 5.15. The highest BCUT2D eigenvalue weighted by Gasteiger charge is 2.06. The summed E-state index contributed by atoms with van der Waals surface area (Å²) >= 11 is 1.56. The highest BCUT2D eigenvalue weighted by atomic mass is 32.2. The minimum Gasteiger partial charge on any atom is -0.399 e. The predicted octanol–water partition coefficient (Wildman–Crippen LogP) is 3.23. The molecule has 0 unspecified atom stereocenters. The zero-order chi connectivity index (χ0) is 13.1. The lowest BCUT2D eigenvalue weighted by molar-refractivity contribution is 0.624. The van der Waals surface area contributed by atoms with Gasteiger partial charge in [-0.2, -0.15) is 5.10 Å². The van der Waals surface area contributed by atoms with Crippen LogP contribution in [0.15, 0.2) is 29.2 Å². The summed E-state index contributed by atoms with van der Waals surface area (Å²) in [6, 6.07) is 6.66. The van der Waals surface area contributed by atoms with Crippen LogP contribution in [0.5, 0.6) is 0 Å². The molecule has 5 heteroatoms. The SMILES string of the molecule is CCn1nc(C)cc1CSc1cc(N)cc(F)c1. The number of nitrogens with zero attached hydrogens (tertiary/aromatic N) is 2. The molecule has 3 nitrogen and oxygen atoms in total. The fourth-order valence-corrected chi connectivity index (χ4v) is 2.78. The van der Waals surface area contributed by atoms with E-state index in [-0.39, 0.29) is 5.82 Å². The van der Waals surface area contributed by atoms with Crippen LogP contribution in [-0.4, -0.2) is 9.78 Å². The highest BCUT2D eigenvalue weighted by molar-refractivity contribution is 7.98. The molecule has 0 spiro atoms. The van der Waals surface area contributed by atoms with E-state index in [1.54, 1.807) is 17.8 Å². The Bertz CT molecular complexity index is 531. The van der Waals surface area contributed by atoms with Gasteiger partial charge in [0.05, 0.1) is 5.69 Å². The maximum absolute atomic E-state index is 13.2. The monoisotopic (exact) mass is 265 g/mol. The van der Waals surface area contributed by atoms with E-state index in [1.807, 2.05) is 11.6 Å². The van der Waals surface area contributed by atoms with Crippen molar-refractivity contribution in [3.05, 3.63) is 41.5 Å². The molecule has 0 amide bonds. The topological polar surface area (TPSA) is 43.8 Å². The minimum atomic E-state index is -0.294. The molecule has 0 saturated carbocycles. The smallest absolute Gasteiger partial charge is 0.126 e. The number of thioether (sulfide) groups is 1.